The minimum atomic E-state index is -0.953. The minimum Gasteiger partial charge on any atom is -0.445 e. The van der Waals surface area contributed by atoms with Crippen molar-refractivity contribution < 1.29 is 33.4 Å². The van der Waals surface area contributed by atoms with Gasteiger partial charge in [-0.25, -0.2) is 9.59 Å². The van der Waals surface area contributed by atoms with E-state index in [1.54, 1.807) is 20.8 Å². The predicted octanol–water partition coefficient (Wildman–Crippen LogP) is 1.57. The first kappa shape index (κ1) is 30.4. The Kier molecular flexibility index (Phi) is 11.8. The zero-order chi connectivity index (χ0) is 28.1. The zero-order valence-electron chi connectivity index (χ0n) is 22.3. The normalized spacial score (nSPS) is 15.8. The monoisotopic (exact) mass is 533 g/mol. The molecule has 0 aromatic heterocycles. The number of nitrogens with two attached hydrogens (primary N) is 1. The van der Waals surface area contributed by atoms with E-state index in [0.717, 1.165) is 5.56 Å². The largest absolute Gasteiger partial charge is 0.445 e. The second kappa shape index (κ2) is 14.8. The van der Waals surface area contributed by atoms with Crippen LogP contribution >= 0.6 is 0 Å². The molecule has 1 aliphatic heterocycles. The zero-order valence-corrected chi connectivity index (χ0v) is 22.3. The molecule has 5 N–H and O–H groups in total. The lowest BCUT2D eigenvalue weighted by molar-refractivity contribution is -0.132. The van der Waals surface area contributed by atoms with Gasteiger partial charge in [-0.15, -0.1) is 0 Å². The van der Waals surface area contributed by atoms with Crippen LogP contribution in [0.5, 0.6) is 0 Å². The second-order valence-electron chi connectivity index (χ2n) is 10.1. The van der Waals surface area contributed by atoms with Gasteiger partial charge in [0.2, 0.25) is 17.7 Å². The summed E-state index contributed by atoms with van der Waals surface area (Å²) in [5, 5.41) is 7.76. The van der Waals surface area contributed by atoms with Gasteiger partial charge in [0.05, 0.1) is 6.54 Å². The number of carbonyl (C=O) groups is 5. The first-order chi connectivity index (χ1) is 18.0. The van der Waals surface area contributed by atoms with Gasteiger partial charge in [0.1, 0.15) is 24.3 Å². The van der Waals surface area contributed by atoms with Crippen molar-refractivity contribution in [2.75, 3.05) is 19.6 Å². The average Bonchev–Trinajstić information content (AvgIpc) is 3.34. The van der Waals surface area contributed by atoms with E-state index in [4.69, 9.17) is 15.2 Å². The minimum absolute atomic E-state index is 0.0833. The Morgan fingerprint density at radius 3 is 2.45 bits per heavy atom. The van der Waals surface area contributed by atoms with Crippen molar-refractivity contribution in [3.05, 3.63) is 35.9 Å². The molecule has 0 bridgehead atoms. The van der Waals surface area contributed by atoms with Gasteiger partial charge >= 0.3 is 12.2 Å². The molecule has 1 aromatic rings. The topological polar surface area (TPSA) is 169 Å². The molecule has 0 aliphatic carbocycles. The van der Waals surface area contributed by atoms with Gasteiger partial charge < -0.3 is 31.2 Å². The maximum Gasteiger partial charge on any atom is 0.410 e. The Labute approximate surface area is 223 Å². The molecule has 0 unspecified atom stereocenters. The molecule has 0 saturated carbocycles. The molecule has 5 amide bonds. The molecule has 1 aliphatic rings. The molecule has 0 spiro atoms. The third kappa shape index (κ3) is 11.1. The third-order valence-corrected chi connectivity index (χ3v) is 5.65. The summed E-state index contributed by atoms with van der Waals surface area (Å²) in [5.74, 6) is -1.76. The molecule has 1 heterocycles. The van der Waals surface area contributed by atoms with Crippen LogP contribution in [0.2, 0.25) is 0 Å². The molecular weight excluding hydrogens is 494 g/mol. The number of primary amides is 1. The first-order valence-corrected chi connectivity index (χ1v) is 12.8. The number of nitrogens with zero attached hydrogens (tertiary/aromatic N) is 1. The van der Waals surface area contributed by atoms with Crippen LogP contribution in [0.15, 0.2) is 30.3 Å². The van der Waals surface area contributed by atoms with Crippen molar-refractivity contribution in [2.45, 2.75) is 77.2 Å². The molecule has 1 fully saturated rings. The number of ether oxygens (including phenoxy) is 2. The maximum absolute atomic E-state index is 13.1. The molecule has 1 saturated heterocycles. The molecule has 0 radical (unpaired) electrons. The average molecular weight is 534 g/mol. The van der Waals surface area contributed by atoms with E-state index in [1.807, 2.05) is 30.3 Å². The number of amides is 5. The summed E-state index contributed by atoms with van der Waals surface area (Å²) in [6, 6.07) is 7.47. The molecule has 1 aromatic carbocycles. The van der Waals surface area contributed by atoms with E-state index >= 15 is 0 Å². The van der Waals surface area contributed by atoms with E-state index < -0.39 is 47.6 Å². The summed E-state index contributed by atoms with van der Waals surface area (Å²) in [4.78, 5) is 62.7. The summed E-state index contributed by atoms with van der Waals surface area (Å²) in [6.45, 7) is 5.69. The van der Waals surface area contributed by atoms with E-state index in [-0.39, 0.29) is 19.6 Å². The van der Waals surface area contributed by atoms with E-state index in [1.165, 1.54) is 4.90 Å². The lowest BCUT2D eigenvalue weighted by atomic mass is 10.1. The van der Waals surface area contributed by atoms with Crippen molar-refractivity contribution in [1.29, 1.82) is 0 Å². The predicted molar refractivity (Wildman–Crippen MR) is 139 cm³/mol. The van der Waals surface area contributed by atoms with Crippen molar-refractivity contribution in [3.8, 4) is 0 Å². The summed E-state index contributed by atoms with van der Waals surface area (Å²) < 4.78 is 10.6. The smallest absolute Gasteiger partial charge is 0.410 e. The summed E-state index contributed by atoms with van der Waals surface area (Å²) in [5.41, 5.74) is 5.34. The lowest BCUT2D eigenvalue weighted by Crippen LogP contribution is -2.53. The molecule has 2 rings (SSSR count). The number of nitrogens with one attached hydrogen (secondary N) is 3. The summed E-state index contributed by atoms with van der Waals surface area (Å²) >= 11 is 0. The van der Waals surface area contributed by atoms with Gasteiger partial charge in [-0.05, 0) is 58.4 Å². The Morgan fingerprint density at radius 2 is 1.79 bits per heavy atom. The molecule has 12 nitrogen and oxygen atoms in total. The summed E-state index contributed by atoms with van der Waals surface area (Å²) in [6.07, 6.45) is 1.16. The van der Waals surface area contributed by atoms with Crippen molar-refractivity contribution in [2.24, 2.45) is 5.73 Å². The first-order valence-electron chi connectivity index (χ1n) is 12.8. The van der Waals surface area contributed by atoms with Crippen LogP contribution in [0.1, 0.15) is 58.4 Å². The van der Waals surface area contributed by atoms with Crippen molar-refractivity contribution in [1.82, 2.24) is 20.9 Å². The van der Waals surface area contributed by atoms with E-state index in [9.17, 15) is 24.0 Å². The highest BCUT2D eigenvalue weighted by atomic mass is 16.6. The molecule has 2 atom stereocenters. The molecule has 210 valence electrons. The fraction of sp³-hybridized carbons (Fsp3) is 0.577. The third-order valence-electron chi connectivity index (χ3n) is 5.65. The molecule has 38 heavy (non-hydrogen) atoms. The Balaban J connectivity index is 1.91. The second-order valence-corrected chi connectivity index (χ2v) is 10.1. The lowest BCUT2D eigenvalue weighted by Gasteiger charge is -2.26. The highest BCUT2D eigenvalue weighted by Gasteiger charge is 2.36. The number of alkyl carbamates (subject to hydrolysis) is 1. The maximum atomic E-state index is 13.1. The quantitative estimate of drug-likeness (QED) is 0.296. The number of unbranched alkanes of at least 4 members (excludes halogenated alkanes) is 1. The SMILES string of the molecule is CC(C)(C)OC(=O)NCCCC[C@H](NC(=O)[C@@H]1CCCN1C(=O)OCc1ccccc1)C(=O)NCC(N)=O. The highest BCUT2D eigenvalue weighted by Crippen LogP contribution is 2.20. The van der Waals surface area contributed by atoms with Gasteiger partial charge in [0.25, 0.3) is 0 Å². The number of hydrogen-bond acceptors (Lipinski definition) is 7. The van der Waals surface area contributed by atoms with Crippen LogP contribution in [0.3, 0.4) is 0 Å². The Hall–Kier alpha value is -3.83. The summed E-state index contributed by atoms with van der Waals surface area (Å²) in [7, 11) is 0. The van der Waals surface area contributed by atoms with Crippen molar-refractivity contribution >= 4 is 29.9 Å². The van der Waals surface area contributed by atoms with Gasteiger partial charge in [0, 0.05) is 13.1 Å². The van der Waals surface area contributed by atoms with Gasteiger partial charge in [-0.3, -0.25) is 19.3 Å². The standard InChI is InChI=1S/C26H39N5O7/c1-26(2,3)38-24(35)28-14-8-7-12-19(22(33)29-16-21(27)32)30-23(34)20-13-9-15-31(20)25(36)37-17-18-10-5-4-6-11-18/h4-6,10-11,19-20H,7-9,12-17H2,1-3H3,(H2,27,32)(H,28,35)(H,29,33)(H,30,34)/t19-,20-/m0/s1. The number of hydrogen-bond donors (Lipinski definition) is 4. The Bertz CT molecular complexity index is 964. The van der Waals surface area contributed by atoms with Gasteiger partial charge in [-0.1, -0.05) is 30.3 Å². The van der Waals surface area contributed by atoms with E-state index in [2.05, 4.69) is 16.0 Å². The number of benzene rings is 1. The van der Waals surface area contributed by atoms with Crippen LogP contribution in [-0.2, 0) is 30.5 Å². The van der Waals surface area contributed by atoms with E-state index in [0.29, 0.717) is 38.8 Å². The fourth-order valence-electron chi connectivity index (χ4n) is 3.87. The Morgan fingerprint density at radius 1 is 1.08 bits per heavy atom. The van der Waals surface area contributed by atoms with Crippen LogP contribution < -0.4 is 21.7 Å². The van der Waals surface area contributed by atoms with Crippen LogP contribution in [0.25, 0.3) is 0 Å². The van der Waals surface area contributed by atoms with Crippen LogP contribution in [-0.4, -0.2) is 72.1 Å². The highest BCUT2D eigenvalue weighted by molar-refractivity contribution is 5.92. The molecular formula is C26H39N5O7. The number of likely N-dealkylation sites (tertiary alicyclic amines) is 1. The van der Waals surface area contributed by atoms with Crippen LogP contribution in [0, 0.1) is 0 Å². The number of carbonyl (C=O) groups excluding carboxylic acids is 5. The molecule has 12 heteroatoms. The van der Waals surface area contributed by atoms with Crippen molar-refractivity contribution in [3.63, 3.8) is 0 Å². The van der Waals surface area contributed by atoms with Gasteiger partial charge in [-0.2, -0.15) is 0 Å². The number of rotatable bonds is 12. The fourth-order valence-corrected chi connectivity index (χ4v) is 3.87. The van der Waals surface area contributed by atoms with Crippen LogP contribution in [0.4, 0.5) is 9.59 Å². The van der Waals surface area contributed by atoms with Gasteiger partial charge in [0.15, 0.2) is 0 Å².